The average Bonchev–Trinajstić information content (AvgIpc) is 3.57. The SMILES string of the molecule is CCCCCOc1cc(N2CC3(CC3)CN(Cc3ccccc3OC)C2=O)ccc1OC. The van der Waals surface area contributed by atoms with Gasteiger partial charge in [-0.25, -0.2) is 4.79 Å². The molecule has 2 aromatic carbocycles. The zero-order valence-corrected chi connectivity index (χ0v) is 19.4. The lowest BCUT2D eigenvalue weighted by molar-refractivity contribution is 0.169. The molecule has 1 spiro atoms. The number of rotatable bonds is 10. The van der Waals surface area contributed by atoms with Gasteiger partial charge in [0.15, 0.2) is 11.5 Å². The highest BCUT2D eigenvalue weighted by Crippen LogP contribution is 2.50. The Bertz CT molecular complexity index is 941. The lowest BCUT2D eigenvalue weighted by Crippen LogP contribution is -2.54. The first kappa shape index (κ1) is 22.3. The van der Waals surface area contributed by atoms with E-state index < -0.39 is 0 Å². The number of ether oxygens (including phenoxy) is 3. The number of anilines is 1. The quantitative estimate of drug-likeness (QED) is 0.460. The van der Waals surface area contributed by atoms with Crippen LogP contribution in [-0.4, -0.2) is 44.8 Å². The third kappa shape index (κ3) is 4.79. The van der Waals surface area contributed by atoms with E-state index in [4.69, 9.17) is 14.2 Å². The van der Waals surface area contributed by atoms with E-state index in [2.05, 4.69) is 6.92 Å². The summed E-state index contributed by atoms with van der Waals surface area (Å²) in [6, 6.07) is 13.7. The molecule has 6 heteroatoms. The number of amides is 2. The molecule has 0 unspecified atom stereocenters. The summed E-state index contributed by atoms with van der Waals surface area (Å²) in [7, 11) is 3.32. The van der Waals surface area contributed by atoms with Crippen molar-refractivity contribution in [1.29, 1.82) is 0 Å². The molecule has 1 aliphatic carbocycles. The number of unbranched alkanes of at least 4 members (excludes halogenated alkanes) is 2. The molecule has 1 heterocycles. The van der Waals surface area contributed by atoms with Crippen molar-refractivity contribution in [2.45, 2.75) is 45.6 Å². The molecule has 2 aliphatic rings. The van der Waals surface area contributed by atoms with Crippen LogP contribution in [-0.2, 0) is 6.54 Å². The number of carbonyl (C=O) groups excluding carboxylic acids is 1. The zero-order chi connectivity index (χ0) is 22.6. The molecule has 0 N–H and O–H groups in total. The third-order valence-electron chi connectivity index (χ3n) is 6.50. The van der Waals surface area contributed by atoms with Gasteiger partial charge in [-0.2, -0.15) is 0 Å². The summed E-state index contributed by atoms with van der Waals surface area (Å²) >= 11 is 0. The lowest BCUT2D eigenvalue weighted by atomic mass is 10.0. The van der Waals surface area contributed by atoms with Crippen molar-refractivity contribution in [1.82, 2.24) is 4.90 Å². The number of nitrogens with zero attached hydrogens (tertiary/aromatic N) is 2. The van der Waals surface area contributed by atoms with Crippen molar-refractivity contribution in [3.63, 3.8) is 0 Å². The van der Waals surface area contributed by atoms with Gasteiger partial charge in [0.1, 0.15) is 5.75 Å². The molecule has 0 radical (unpaired) electrons. The molecule has 6 nitrogen and oxygen atoms in total. The summed E-state index contributed by atoms with van der Waals surface area (Å²) in [5, 5.41) is 0. The molecule has 32 heavy (non-hydrogen) atoms. The van der Waals surface area contributed by atoms with Gasteiger partial charge >= 0.3 is 6.03 Å². The van der Waals surface area contributed by atoms with Crippen molar-refractivity contribution in [2.24, 2.45) is 5.41 Å². The van der Waals surface area contributed by atoms with Crippen molar-refractivity contribution < 1.29 is 19.0 Å². The van der Waals surface area contributed by atoms with Gasteiger partial charge in [-0.05, 0) is 37.5 Å². The summed E-state index contributed by atoms with van der Waals surface area (Å²) in [5.41, 5.74) is 2.06. The first-order chi connectivity index (χ1) is 15.6. The summed E-state index contributed by atoms with van der Waals surface area (Å²) in [4.78, 5) is 17.4. The topological polar surface area (TPSA) is 51.2 Å². The van der Waals surface area contributed by atoms with Crippen molar-refractivity contribution in [2.75, 3.05) is 38.8 Å². The fourth-order valence-corrected chi connectivity index (χ4v) is 4.43. The fourth-order valence-electron chi connectivity index (χ4n) is 4.43. The molecule has 172 valence electrons. The van der Waals surface area contributed by atoms with Crippen LogP contribution in [0.2, 0.25) is 0 Å². The van der Waals surface area contributed by atoms with Crippen LogP contribution in [0.25, 0.3) is 0 Å². The summed E-state index contributed by atoms with van der Waals surface area (Å²) in [5.74, 6) is 2.21. The molecule has 1 saturated heterocycles. The number of hydrogen-bond acceptors (Lipinski definition) is 4. The van der Waals surface area contributed by atoms with E-state index in [9.17, 15) is 4.79 Å². The summed E-state index contributed by atoms with van der Waals surface area (Å²) in [6.45, 7) is 4.89. The van der Waals surface area contributed by atoms with Crippen molar-refractivity contribution >= 4 is 11.7 Å². The Balaban J connectivity index is 1.56. The minimum Gasteiger partial charge on any atom is -0.496 e. The van der Waals surface area contributed by atoms with Crippen molar-refractivity contribution in [3.05, 3.63) is 48.0 Å². The van der Waals surface area contributed by atoms with Crippen LogP contribution in [0.5, 0.6) is 17.2 Å². The molecule has 2 fully saturated rings. The second-order valence-corrected chi connectivity index (χ2v) is 8.93. The molecular formula is C26H34N2O4. The van der Waals surface area contributed by atoms with E-state index in [0.717, 1.165) is 62.2 Å². The highest BCUT2D eigenvalue weighted by atomic mass is 16.5. The maximum absolute atomic E-state index is 13.5. The zero-order valence-electron chi connectivity index (χ0n) is 19.4. The van der Waals surface area contributed by atoms with Crippen LogP contribution in [0.1, 0.15) is 44.6 Å². The highest BCUT2D eigenvalue weighted by Gasteiger charge is 2.51. The van der Waals surface area contributed by atoms with E-state index in [1.807, 2.05) is 52.3 Å². The van der Waals surface area contributed by atoms with Crippen LogP contribution < -0.4 is 19.1 Å². The number of carbonyl (C=O) groups is 1. The number of benzene rings is 2. The number of methoxy groups -OCH3 is 2. The summed E-state index contributed by atoms with van der Waals surface area (Å²) < 4.78 is 17.0. The Morgan fingerprint density at radius 1 is 0.938 bits per heavy atom. The van der Waals surface area contributed by atoms with E-state index in [0.29, 0.717) is 24.7 Å². The normalized spacial score (nSPS) is 16.9. The second-order valence-electron chi connectivity index (χ2n) is 8.93. The van der Waals surface area contributed by atoms with E-state index in [-0.39, 0.29) is 11.4 Å². The van der Waals surface area contributed by atoms with Gasteiger partial charge in [-0.15, -0.1) is 0 Å². The third-order valence-corrected chi connectivity index (χ3v) is 6.50. The average molecular weight is 439 g/mol. The molecule has 0 bridgehead atoms. The molecular weight excluding hydrogens is 404 g/mol. The largest absolute Gasteiger partial charge is 0.496 e. The fraction of sp³-hybridized carbons (Fsp3) is 0.500. The van der Waals surface area contributed by atoms with E-state index >= 15 is 0 Å². The lowest BCUT2D eigenvalue weighted by Gasteiger charge is -2.41. The Labute approximate surface area is 191 Å². The molecule has 2 aromatic rings. The van der Waals surface area contributed by atoms with Crippen LogP contribution in [0.3, 0.4) is 0 Å². The van der Waals surface area contributed by atoms with E-state index in [1.165, 1.54) is 0 Å². The maximum Gasteiger partial charge on any atom is 0.324 e. The van der Waals surface area contributed by atoms with Gasteiger partial charge in [-0.3, -0.25) is 4.90 Å². The Hall–Kier alpha value is -2.89. The standard InChI is InChI=1S/C26H34N2O4/c1-4-5-8-15-32-24-16-21(11-12-23(24)31-3)28-19-26(13-14-26)18-27(25(28)29)17-20-9-6-7-10-22(20)30-2/h6-7,9-12,16H,4-5,8,13-15,17-19H2,1-3H3. The molecule has 0 atom stereocenters. The van der Waals surface area contributed by atoms with Gasteiger partial charge in [0.2, 0.25) is 0 Å². The minimum atomic E-state index is 0.0236. The molecule has 1 saturated carbocycles. The highest BCUT2D eigenvalue weighted by molar-refractivity contribution is 5.93. The smallest absolute Gasteiger partial charge is 0.324 e. The van der Waals surface area contributed by atoms with Crippen LogP contribution >= 0.6 is 0 Å². The minimum absolute atomic E-state index is 0.0236. The first-order valence-corrected chi connectivity index (χ1v) is 11.6. The monoisotopic (exact) mass is 438 g/mol. The van der Waals surface area contributed by atoms with Crippen LogP contribution in [0, 0.1) is 5.41 Å². The Morgan fingerprint density at radius 2 is 1.72 bits per heavy atom. The predicted molar refractivity (Wildman–Crippen MR) is 126 cm³/mol. The molecule has 4 rings (SSSR count). The number of para-hydroxylation sites is 1. The Morgan fingerprint density at radius 3 is 2.44 bits per heavy atom. The summed E-state index contributed by atoms with van der Waals surface area (Å²) in [6.07, 6.45) is 5.58. The van der Waals surface area contributed by atoms with Gasteiger partial charge in [0.05, 0.1) is 27.4 Å². The van der Waals surface area contributed by atoms with Crippen molar-refractivity contribution in [3.8, 4) is 17.2 Å². The van der Waals surface area contributed by atoms with Crippen LogP contribution in [0.4, 0.5) is 10.5 Å². The van der Waals surface area contributed by atoms with Gasteiger partial charge in [0, 0.05) is 35.8 Å². The number of urea groups is 1. The molecule has 0 aromatic heterocycles. The molecule has 2 amide bonds. The maximum atomic E-state index is 13.5. The van der Waals surface area contributed by atoms with E-state index in [1.54, 1.807) is 14.2 Å². The molecule has 1 aliphatic heterocycles. The van der Waals surface area contributed by atoms with Gasteiger partial charge in [0.25, 0.3) is 0 Å². The second kappa shape index (κ2) is 9.72. The first-order valence-electron chi connectivity index (χ1n) is 11.6. The number of hydrogen-bond donors (Lipinski definition) is 0. The van der Waals surface area contributed by atoms with Gasteiger partial charge in [-0.1, -0.05) is 38.0 Å². The van der Waals surface area contributed by atoms with Crippen LogP contribution in [0.15, 0.2) is 42.5 Å². The predicted octanol–water partition coefficient (Wildman–Crippen LogP) is 5.50. The Kier molecular flexibility index (Phi) is 6.77. The van der Waals surface area contributed by atoms with Gasteiger partial charge < -0.3 is 19.1 Å².